The molecule has 0 aliphatic heterocycles. The molecule has 5 heteroatoms. The van der Waals surface area contributed by atoms with E-state index in [2.05, 4.69) is 4.72 Å². The number of hydrogen-bond donors (Lipinski definition) is 1. The lowest BCUT2D eigenvalue weighted by Crippen LogP contribution is -2.15. The van der Waals surface area contributed by atoms with Crippen LogP contribution in [0.1, 0.15) is 18.1 Å². The van der Waals surface area contributed by atoms with Gasteiger partial charge < -0.3 is 4.74 Å². The molecule has 0 saturated carbocycles. The van der Waals surface area contributed by atoms with E-state index in [1.807, 2.05) is 19.9 Å². The van der Waals surface area contributed by atoms with E-state index in [9.17, 15) is 8.42 Å². The Balaban J connectivity index is 3.22. The maximum Gasteiger partial charge on any atom is 0.232 e. The molecular weight excluding hydrogens is 226 g/mol. The molecule has 1 rings (SSSR count). The summed E-state index contributed by atoms with van der Waals surface area (Å²) in [4.78, 5) is 0. The maximum atomic E-state index is 11.5. The Hall–Kier alpha value is -1.23. The first kappa shape index (κ1) is 12.8. The summed E-state index contributed by atoms with van der Waals surface area (Å²) in [6, 6.07) is 3.71. The van der Waals surface area contributed by atoms with Crippen LogP contribution in [0.25, 0.3) is 0 Å². The van der Waals surface area contributed by atoms with Gasteiger partial charge in [0.05, 0.1) is 18.6 Å². The van der Waals surface area contributed by atoms with Gasteiger partial charge >= 0.3 is 0 Å². The molecule has 4 nitrogen and oxygen atoms in total. The Bertz CT molecular complexity index is 480. The standard InChI is InChI=1S/C11H17NO3S/c1-5-16(13,14)12-10-7-8(2)6-9(3)11(10)15-4/h6-7,12H,5H2,1-4H3. The Labute approximate surface area is 96.7 Å². The normalized spacial score (nSPS) is 11.2. The summed E-state index contributed by atoms with van der Waals surface area (Å²) in [6.07, 6.45) is 0. The second kappa shape index (κ2) is 4.74. The van der Waals surface area contributed by atoms with Crippen LogP contribution in [0.3, 0.4) is 0 Å². The molecule has 0 aliphatic rings. The van der Waals surface area contributed by atoms with E-state index in [1.54, 1.807) is 13.0 Å². The van der Waals surface area contributed by atoms with E-state index in [0.29, 0.717) is 11.4 Å². The zero-order valence-corrected chi connectivity index (χ0v) is 10.8. The highest BCUT2D eigenvalue weighted by atomic mass is 32.2. The smallest absolute Gasteiger partial charge is 0.232 e. The summed E-state index contributed by atoms with van der Waals surface area (Å²) in [6.45, 7) is 5.39. The number of sulfonamides is 1. The van der Waals surface area contributed by atoms with Gasteiger partial charge in [-0.3, -0.25) is 4.72 Å². The number of methoxy groups -OCH3 is 1. The largest absolute Gasteiger partial charge is 0.494 e. The summed E-state index contributed by atoms with van der Waals surface area (Å²) >= 11 is 0. The van der Waals surface area contributed by atoms with Gasteiger partial charge in [0.1, 0.15) is 5.75 Å². The number of aryl methyl sites for hydroxylation is 2. The third kappa shape index (κ3) is 2.88. The Morgan fingerprint density at radius 3 is 2.44 bits per heavy atom. The van der Waals surface area contributed by atoms with E-state index < -0.39 is 10.0 Å². The van der Waals surface area contributed by atoms with Gasteiger partial charge in [-0.2, -0.15) is 0 Å². The first-order valence-electron chi connectivity index (χ1n) is 5.05. The molecule has 0 saturated heterocycles. The molecule has 0 heterocycles. The topological polar surface area (TPSA) is 55.4 Å². The van der Waals surface area contributed by atoms with Gasteiger partial charge in [-0.05, 0) is 38.0 Å². The van der Waals surface area contributed by atoms with Crippen molar-refractivity contribution in [3.8, 4) is 5.75 Å². The van der Waals surface area contributed by atoms with Crippen LogP contribution < -0.4 is 9.46 Å². The van der Waals surface area contributed by atoms with Gasteiger partial charge in [-0.1, -0.05) is 6.07 Å². The van der Waals surface area contributed by atoms with Crippen LogP contribution in [0.15, 0.2) is 12.1 Å². The second-order valence-electron chi connectivity index (χ2n) is 3.67. The summed E-state index contributed by atoms with van der Waals surface area (Å²) in [7, 11) is -1.74. The molecule has 0 aromatic heterocycles. The van der Waals surface area contributed by atoms with Crippen molar-refractivity contribution >= 4 is 15.7 Å². The first-order chi connectivity index (χ1) is 7.39. The SMILES string of the molecule is CCS(=O)(=O)Nc1cc(C)cc(C)c1OC. The molecule has 0 aliphatic carbocycles. The third-order valence-corrected chi connectivity index (χ3v) is 3.56. The molecule has 0 spiro atoms. The number of rotatable bonds is 4. The number of ether oxygens (including phenoxy) is 1. The fourth-order valence-corrected chi connectivity index (χ4v) is 2.17. The first-order valence-corrected chi connectivity index (χ1v) is 6.70. The van der Waals surface area contributed by atoms with Crippen molar-refractivity contribution < 1.29 is 13.2 Å². The van der Waals surface area contributed by atoms with Crippen molar-refractivity contribution in [3.63, 3.8) is 0 Å². The Kier molecular flexibility index (Phi) is 3.80. The molecule has 0 atom stereocenters. The van der Waals surface area contributed by atoms with Crippen LogP contribution in [0.2, 0.25) is 0 Å². The van der Waals surface area contributed by atoms with Gasteiger partial charge in [0.15, 0.2) is 0 Å². The average molecular weight is 243 g/mol. The fraction of sp³-hybridized carbons (Fsp3) is 0.455. The highest BCUT2D eigenvalue weighted by Crippen LogP contribution is 2.30. The van der Waals surface area contributed by atoms with Crippen molar-refractivity contribution in [2.24, 2.45) is 0 Å². The molecule has 1 N–H and O–H groups in total. The van der Waals surface area contributed by atoms with Crippen molar-refractivity contribution in [3.05, 3.63) is 23.3 Å². The maximum absolute atomic E-state index is 11.5. The summed E-state index contributed by atoms with van der Waals surface area (Å²) in [5.41, 5.74) is 2.41. The van der Waals surface area contributed by atoms with Crippen molar-refractivity contribution in [2.75, 3.05) is 17.6 Å². The lowest BCUT2D eigenvalue weighted by Gasteiger charge is -2.14. The van der Waals surface area contributed by atoms with Crippen molar-refractivity contribution in [2.45, 2.75) is 20.8 Å². The Morgan fingerprint density at radius 2 is 1.94 bits per heavy atom. The van der Waals surface area contributed by atoms with Gasteiger partial charge in [0, 0.05) is 0 Å². The number of nitrogens with one attached hydrogen (secondary N) is 1. The monoisotopic (exact) mass is 243 g/mol. The number of hydrogen-bond acceptors (Lipinski definition) is 3. The molecule has 0 radical (unpaired) electrons. The van der Waals surface area contributed by atoms with Crippen LogP contribution in [0, 0.1) is 13.8 Å². The summed E-state index contributed by atoms with van der Waals surface area (Å²) < 4.78 is 30.7. The minimum absolute atomic E-state index is 0.0448. The second-order valence-corrected chi connectivity index (χ2v) is 5.68. The van der Waals surface area contributed by atoms with E-state index in [1.165, 1.54) is 7.11 Å². The minimum Gasteiger partial charge on any atom is -0.494 e. The summed E-state index contributed by atoms with van der Waals surface area (Å²) in [5, 5.41) is 0. The van der Waals surface area contributed by atoms with E-state index in [0.717, 1.165) is 11.1 Å². The van der Waals surface area contributed by atoms with Gasteiger partial charge in [-0.25, -0.2) is 8.42 Å². The highest BCUT2D eigenvalue weighted by molar-refractivity contribution is 7.92. The molecule has 90 valence electrons. The van der Waals surface area contributed by atoms with Crippen molar-refractivity contribution in [1.29, 1.82) is 0 Å². The molecule has 0 bridgehead atoms. The summed E-state index contributed by atoms with van der Waals surface area (Å²) in [5.74, 6) is 0.617. The molecule has 1 aromatic rings. The van der Waals surface area contributed by atoms with Crippen LogP contribution in [-0.4, -0.2) is 21.3 Å². The molecule has 0 unspecified atom stereocenters. The van der Waals surface area contributed by atoms with Crippen molar-refractivity contribution in [1.82, 2.24) is 0 Å². The molecule has 1 aromatic carbocycles. The zero-order valence-electron chi connectivity index (χ0n) is 9.99. The quantitative estimate of drug-likeness (QED) is 0.880. The predicted octanol–water partition coefficient (Wildman–Crippen LogP) is 2.07. The van der Waals surface area contributed by atoms with E-state index in [-0.39, 0.29) is 5.75 Å². The van der Waals surface area contributed by atoms with Crippen LogP contribution in [-0.2, 0) is 10.0 Å². The van der Waals surface area contributed by atoms with Crippen LogP contribution >= 0.6 is 0 Å². The van der Waals surface area contributed by atoms with Gasteiger partial charge in [-0.15, -0.1) is 0 Å². The highest BCUT2D eigenvalue weighted by Gasteiger charge is 2.13. The van der Waals surface area contributed by atoms with E-state index >= 15 is 0 Å². The number of benzene rings is 1. The number of anilines is 1. The lowest BCUT2D eigenvalue weighted by molar-refractivity contribution is 0.413. The van der Waals surface area contributed by atoms with E-state index in [4.69, 9.17) is 4.74 Å². The van der Waals surface area contributed by atoms with Gasteiger partial charge in [0.25, 0.3) is 0 Å². The zero-order chi connectivity index (χ0) is 12.3. The predicted molar refractivity (Wildman–Crippen MR) is 65.6 cm³/mol. The minimum atomic E-state index is -3.27. The van der Waals surface area contributed by atoms with Crippen LogP contribution in [0.5, 0.6) is 5.75 Å². The lowest BCUT2D eigenvalue weighted by atomic mass is 10.1. The molecular formula is C11H17NO3S. The Morgan fingerprint density at radius 1 is 1.31 bits per heavy atom. The fourth-order valence-electron chi connectivity index (χ4n) is 1.54. The third-order valence-electron chi connectivity index (χ3n) is 2.27. The molecule has 0 fully saturated rings. The average Bonchev–Trinajstić information content (AvgIpc) is 2.16. The molecule has 16 heavy (non-hydrogen) atoms. The molecule has 0 amide bonds. The van der Waals surface area contributed by atoms with Gasteiger partial charge in [0.2, 0.25) is 10.0 Å². The van der Waals surface area contributed by atoms with Crippen LogP contribution in [0.4, 0.5) is 5.69 Å².